The van der Waals surface area contributed by atoms with Gasteiger partial charge in [0.05, 0.1) is 5.39 Å². The Bertz CT molecular complexity index is 486. The number of aryl methyl sites for hydroxylation is 1. The molecule has 62 valence electrons. The molecule has 6 heteroatoms. The summed E-state index contributed by atoms with van der Waals surface area (Å²) >= 11 is 5.72. The Morgan fingerprint density at radius 1 is 1.50 bits per heavy atom. The smallest absolute Gasteiger partial charge is 0.288 e. The molecule has 0 amide bonds. The number of rotatable bonds is 0. The largest absolute Gasteiger partial charge is 0.348 e. The van der Waals surface area contributed by atoms with Gasteiger partial charge >= 0.3 is 5.69 Å². The van der Waals surface area contributed by atoms with Gasteiger partial charge in [0.1, 0.15) is 5.15 Å². The summed E-state index contributed by atoms with van der Waals surface area (Å²) in [6.45, 7) is 1.81. The molecule has 0 unspecified atom stereocenters. The van der Waals surface area contributed by atoms with Gasteiger partial charge in [-0.2, -0.15) is 10.1 Å². The fourth-order valence-corrected chi connectivity index (χ4v) is 1.35. The number of fused-ring (bicyclic) bond motifs is 1. The average Bonchev–Trinajstić information content (AvgIpc) is 2.31. The molecule has 0 radical (unpaired) electrons. The van der Waals surface area contributed by atoms with E-state index in [-0.39, 0.29) is 5.15 Å². The molecule has 2 N–H and O–H groups in total. The van der Waals surface area contributed by atoms with Gasteiger partial charge in [-0.25, -0.2) is 4.79 Å². The van der Waals surface area contributed by atoms with Crippen molar-refractivity contribution in [2.24, 2.45) is 0 Å². The third-order valence-corrected chi connectivity index (χ3v) is 1.85. The minimum Gasteiger partial charge on any atom is -0.288 e. The minimum absolute atomic E-state index is 0.181. The van der Waals surface area contributed by atoms with Gasteiger partial charge in [-0.15, -0.1) is 0 Å². The molecule has 0 aliphatic heterocycles. The van der Waals surface area contributed by atoms with E-state index in [1.54, 1.807) is 6.92 Å². The fraction of sp³-hybridized carbons (Fsp3) is 0.167. The van der Waals surface area contributed by atoms with Gasteiger partial charge in [0.15, 0.2) is 5.65 Å². The van der Waals surface area contributed by atoms with Crippen molar-refractivity contribution in [2.45, 2.75) is 6.92 Å². The second-order valence-electron chi connectivity index (χ2n) is 2.40. The van der Waals surface area contributed by atoms with E-state index < -0.39 is 5.69 Å². The van der Waals surface area contributed by atoms with Crippen molar-refractivity contribution in [3.8, 4) is 0 Å². The van der Waals surface area contributed by atoms with Crippen molar-refractivity contribution in [3.05, 3.63) is 21.3 Å². The van der Waals surface area contributed by atoms with Crippen molar-refractivity contribution < 1.29 is 0 Å². The Hall–Kier alpha value is -1.36. The van der Waals surface area contributed by atoms with Crippen molar-refractivity contribution in [2.75, 3.05) is 0 Å². The Kier molecular flexibility index (Phi) is 1.41. The van der Waals surface area contributed by atoms with Gasteiger partial charge in [-0.1, -0.05) is 11.6 Å². The van der Waals surface area contributed by atoms with Crippen molar-refractivity contribution >= 4 is 22.6 Å². The second kappa shape index (κ2) is 2.31. The molecular weight excluding hydrogens is 180 g/mol. The molecule has 2 aromatic heterocycles. The summed E-state index contributed by atoms with van der Waals surface area (Å²) in [6, 6.07) is 0. The van der Waals surface area contributed by atoms with Crippen LogP contribution in [0.2, 0.25) is 5.15 Å². The monoisotopic (exact) mass is 184 g/mol. The van der Waals surface area contributed by atoms with Crippen LogP contribution < -0.4 is 5.69 Å². The van der Waals surface area contributed by atoms with Crippen molar-refractivity contribution in [1.82, 2.24) is 20.2 Å². The summed E-state index contributed by atoms with van der Waals surface area (Å²) in [5.74, 6) is 0. The highest BCUT2D eigenvalue weighted by Gasteiger charge is 2.07. The third kappa shape index (κ3) is 0.902. The highest BCUT2D eigenvalue weighted by molar-refractivity contribution is 6.34. The molecule has 2 aromatic rings. The molecule has 0 bridgehead atoms. The van der Waals surface area contributed by atoms with Crippen molar-refractivity contribution in [3.63, 3.8) is 0 Å². The van der Waals surface area contributed by atoms with E-state index in [9.17, 15) is 4.79 Å². The Morgan fingerprint density at radius 2 is 2.25 bits per heavy atom. The van der Waals surface area contributed by atoms with Crippen LogP contribution in [0.4, 0.5) is 0 Å². The molecule has 12 heavy (non-hydrogen) atoms. The summed E-state index contributed by atoms with van der Waals surface area (Å²) < 4.78 is 0. The maximum atomic E-state index is 10.8. The molecule has 0 aliphatic carbocycles. The van der Waals surface area contributed by atoms with Crippen LogP contribution in [0.3, 0.4) is 0 Å². The van der Waals surface area contributed by atoms with Crippen LogP contribution >= 0.6 is 11.6 Å². The summed E-state index contributed by atoms with van der Waals surface area (Å²) in [5, 5.41) is 7.38. The summed E-state index contributed by atoms with van der Waals surface area (Å²) in [6.07, 6.45) is 0. The van der Waals surface area contributed by atoms with Crippen molar-refractivity contribution in [1.29, 1.82) is 0 Å². The van der Waals surface area contributed by atoms with E-state index in [2.05, 4.69) is 20.2 Å². The van der Waals surface area contributed by atoms with E-state index in [0.29, 0.717) is 11.0 Å². The molecule has 0 saturated heterocycles. The molecule has 2 heterocycles. The summed E-state index contributed by atoms with van der Waals surface area (Å²) in [4.78, 5) is 16.8. The lowest BCUT2D eigenvalue weighted by atomic mass is 10.3. The van der Waals surface area contributed by atoms with Gasteiger partial charge < -0.3 is 0 Å². The minimum atomic E-state index is -0.487. The molecule has 2 rings (SSSR count). The Balaban J connectivity index is 3.02. The Morgan fingerprint density at radius 3 is 3.00 bits per heavy atom. The van der Waals surface area contributed by atoms with E-state index in [1.165, 1.54) is 0 Å². The SMILES string of the molecule is Cc1[nH]nc2[nH]c(=O)nc(Cl)c12. The van der Waals surface area contributed by atoms with Crippen LogP contribution in [0.15, 0.2) is 4.79 Å². The standard InChI is InChI=1S/C6H5ClN4O/c1-2-3-4(7)8-6(12)9-5(3)11-10-2/h1H3,(H2,8,9,10,11,12). The summed E-state index contributed by atoms with van der Waals surface area (Å²) in [5.41, 5.74) is 0.746. The van der Waals surface area contributed by atoms with Gasteiger partial charge in [-0.3, -0.25) is 10.1 Å². The fourth-order valence-electron chi connectivity index (χ4n) is 1.05. The molecular formula is C6H5ClN4O. The topological polar surface area (TPSA) is 74.4 Å². The first-order chi connectivity index (χ1) is 5.68. The maximum Gasteiger partial charge on any atom is 0.348 e. The molecule has 0 fully saturated rings. The van der Waals surface area contributed by atoms with Gasteiger partial charge in [0.2, 0.25) is 0 Å². The lowest BCUT2D eigenvalue weighted by Crippen LogP contribution is -2.09. The lowest BCUT2D eigenvalue weighted by molar-refractivity contribution is 1.04. The van der Waals surface area contributed by atoms with Gasteiger partial charge in [0, 0.05) is 5.69 Å². The number of H-pyrrole nitrogens is 2. The highest BCUT2D eigenvalue weighted by atomic mass is 35.5. The van der Waals surface area contributed by atoms with Crippen LogP contribution in [0.5, 0.6) is 0 Å². The average molecular weight is 185 g/mol. The zero-order valence-corrected chi connectivity index (χ0v) is 6.94. The van der Waals surface area contributed by atoms with Crippen LogP contribution in [0.1, 0.15) is 5.69 Å². The molecule has 0 aliphatic rings. The van der Waals surface area contributed by atoms with E-state index in [4.69, 9.17) is 11.6 Å². The maximum absolute atomic E-state index is 10.8. The molecule has 0 aromatic carbocycles. The lowest BCUT2D eigenvalue weighted by Gasteiger charge is -1.90. The van der Waals surface area contributed by atoms with Gasteiger partial charge in [0.25, 0.3) is 0 Å². The first kappa shape index (κ1) is 7.30. The van der Waals surface area contributed by atoms with Crippen LogP contribution in [-0.4, -0.2) is 20.2 Å². The predicted octanol–water partition coefficient (Wildman–Crippen LogP) is 0.608. The zero-order valence-electron chi connectivity index (χ0n) is 6.18. The Labute approximate surface area is 71.8 Å². The number of aromatic nitrogens is 4. The number of halogens is 1. The number of hydrogen-bond donors (Lipinski definition) is 2. The molecule has 0 saturated carbocycles. The van der Waals surface area contributed by atoms with Gasteiger partial charge in [-0.05, 0) is 6.92 Å². The number of hydrogen-bond acceptors (Lipinski definition) is 3. The van der Waals surface area contributed by atoms with E-state index in [1.807, 2.05) is 0 Å². The zero-order chi connectivity index (χ0) is 8.72. The van der Waals surface area contributed by atoms with Crippen LogP contribution in [0.25, 0.3) is 11.0 Å². The second-order valence-corrected chi connectivity index (χ2v) is 2.76. The first-order valence-corrected chi connectivity index (χ1v) is 3.67. The number of aromatic amines is 2. The quantitative estimate of drug-likeness (QED) is 0.589. The third-order valence-electron chi connectivity index (χ3n) is 1.58. The van der Waals surface area contributed by atoms with Crippen LogP contribution in [-0.2, 0) is 0 Å². The van der Waals surface area contributed by atoms with E-state index >= 15 is 0 Å². The first-order valence-electron chi connectivity index (χ1n) is 3.29. The molecule has 5 nitrogen and oxygen atoms in total. The number of nitrogens with zero attached hydrogens (tertiary/aromatic N) is 2. The normalized spacial score (nSPS) is 10.8. The predicted molar refractivity (Wildman–Crippen MR) is 44.3 cm³/mol. The van der Waals surface area contributed by atoms with E-state index in [0.717, 1.165) is 5.69 Å². The molecule has 0 atom stereocenters. The molecule has 0 spiro atoms. The highest BCUT2D eigenvalue weighted by Crippen LogP contribution is 2.18. The number of nitrogens with one attached hydrogen (secondary N) is 2. The van der Waals surface area contributed by atoms with Crippen LogP contribution in [0, 0.1) is 6.92 Å². The summed E-state index contributed by atoms with van der Waals surface area (Å²) in [7, 11) is 0.